The third-order valence-electron chi connectivity index (χ3n) is 3.46. The molecule has 0 atom stereocenters. The van der Waals surface area contributed by atoms with Crippen LogP contribution in [0.5, 0.6) is 0 Å². The molecule has 4 nitrogen and oxygen atoms in total. The number of anilines is 2. The fourth-order valence-corrected chi connectivity index (χ4v) is 2.14. The van der Waals surface area contributed by atoms with Gasteiger partial charge in [0, 0.05) is 10.2 Å². The first-order chi connectivity index (χ1) is 9.80. The van der Waals surface area contributed by atoms with Gasteiger partial charge in [0.25, 0.3) is 0 Å². The normalized spacial score (nSPS) is 11.2. The molecule has 0 bridgehead atoms. The van der Waals surface area contributed by atoms with E-state index in [1.54, 1.807) is 18.2 Å². The topological polar surface area (TPSA) is 68.0 Å². The molecule has 0 radical (unpaired) electrons. The number of nitrogens with one attached hydrogen (secondary N) is 1. The molecule has 3 N–H and O–H groups in total. The first-order valence-electron chi connectivity index (χ1n) is 6.61. The average Bonchev–Trinajstić information content (AvgIpc) is 2.43. The molecule has 0 saturated carbocycles. The first kappa shape index (κ1) is 15.5. The third-order valence-corrected chi connectivity index (χ3v) is 4.30. The Morgan fingerprint density at radius 1 is 1.19 bits per heavy atom. The van der Waals surface area contributed by atoms with E-state index in [-0.39, 0.29) is 5.91 Å². The Morgan fingerprint density at radius 3 is 2.38 bits per heavy atom. The summed E-state index contributed by atoms with van der Waals surface area (Å²) in [6, 6.07) is 11.0. The van der Waals surface area contributed by atoms with Gasteiger partial charge in [0.1, 0.15) is 5.82 Å². The van der Waals surface area contributed by atoms with Gasteiger partial charge in [-0.25, -0.2) is 4.98 Å². The van der Waals surface area contributed by atoms with Gasteiger partial charge in [0.05, 0.1) is 11.1 Å². The lowest BCUT2D eigenvalue weighted by atomic mass is 9.83. The van der Waals surface area contributed by atoms with Crippen LogP contribution in [-0.2, 0) is 10.2 Å². The zero-order chi connectivity index (χ0) is 15.6. The second-order valence-corrected chi connectivity index (χ2v) is 6.32. The number of benzene rings is 1. The van der Waals surface area contributed by atoms with E-state index in [2.05, 4.69) is 26.2 Å². The minimum Gasteiger partial charge on any atom is -0.399 e. The highest BCUT2D eigenvalue weighted by Crippen LogP contribution is 2.26. The second kappa shape index (κ2) is 5.85. The molecular formula is C16H18BrN3O. The van der Waals surface area contributed by atoms with Crippen molar-refractivity contribution in [3.8, 4) is 0 Å². The Hall–Kier alpha value is -1.88. The summed E-state index contributed by atoms with van der Waals surface area (Å²) < 4.78 is 0.915. The van der Waals surface area contributed by atoms with Crippen LogP contribution >= 0.6 is 15.9 Å². The number of pyridine rings is 1. The quantitative estimate of drug-likeness (QED) is 0.832. The molecule has 1 heterocycles. The summed E-state index contributed by atoms with van der Waals surface area (Å²) in [5, 5.41) is 2.86. The van der Waals surface area contributed by atoms with Gasteiger partial charge in [0.15, 0.2) is 0 Å². The van der Waals surface area contributed by atoms with Crippen molar-refractivity contribution >= 4 is 33.3 Å². The number of amides is 1. The highest BCUT2D eigenvalue weighted by atomic mass is 79.9. The van der Waals surface area contributed by atoms with E-state index in [0.29, 0.717) is 11.5 Å². The van der Waals surface area contributed by atoms with Crippen molar-refractivity contribution in [3.63, 3.8) is 0 Å². The SMILES string of the molecule is Cc1nc(NC(=O)C(C)(C)c2ccc(N)cc2)ccc1Br. The molecular weight excluding hydrogens is 330 g/mol. The third kappa shape index (κ3) is 3.42. The lowest BCUT2D eigenvalue weighted by Crippen LogP contribution is -2.35. The zero-order valence-corrected chi connectivity index (χ0v) is 13.9. The Labute approximate surface area is 132 Å². The molecule has 0 aliphatic rings. The van der Waals surface area contributed by atoms with Crippen molar-refractivity contribution < 1.29 is 4.79 Å². The molecule has 0 unspecified atom stereocenters. The van der Waals surface area contributed by atoms with Crippen LogP contribution in [0.3, 0.4) is 0 Å². The number of carbonyl (C=O) groups is 1. The minimum atomic E-state index is -0.670. The maximum atomic E-state index is 12.5. The maximum absolute atomic E-state index is 12.5. The fraction of sp³-hybridized carbons (Fsp3) is 0.250. The van der Waals surface area contributed by atoms with E-state index < -0.39 is 5.41 Å². The smallest absolute Gasteiger partial charge is 0.235 e. The number of hydrogen-bond donors (Lipinski definition) is 2. The summed E-state index contributed by atoms with van der Waals surface area (Å²) >= 11 is 3.39. The number of nitrogen functional groups attached to an aromatic ring is 1. The van der Waals surface area contributed by atoms with Gasteiger partial charge in [-0.05, 0) is 66.5 Å². The number of halogens is 1. The summed E-state index contributed by atoms with van der Waals surface area (Å²) in [6.07, 6.45) is 0. The molecule has 1 aromatic carbocycles. The van der Waals surface area contributed by atoms with Crippen molar-refractivity contribution in [2.45, 2.75) is 26.2 Å². The average molecular weight is 348 g/mol. The van der Waals surface area contributed by atoms with Crippen molar-refractivity contribution in [2.75, 3.05) is 11.1 Å². The largest absolute Gasteiger partial charge is 0.399 e. The van der Waals surface area contributed by atoms with Gasteiger partial charge in [-0.3, -0.25) is 4.79 Å². The van der Waals surface area contributed by atoms with Crippen LogP contribution < -0.4 is 11.1 Å². The molecule has 110 valence electrons. The molecule has 0 fully saturated rings. The predicted octanol–water partition coefficient (Wildman–Crippen LogP) is 3.65. The standard InChI is InChI=1S/C16H18BrN3O/c1-10-13(17)8-9-14(19-10)20-15(21)16(2,3)11-4-6-12(18)7-5-11/h4-9H,18H2,1-3H3,(H,19,20,21). The Kier molecular flexibility index (Phi) is 4.32. The lowest BCUT2D eigenvalue weighted by molar-refractivity contribution is -0.120. The van der Waals surface area contributed by atoms with Crippen LogP contribution in [0, 0.1) is 6.92 Å². The fourth-order valence-electron chi connectivity index (χ4n) is 1.92. The molecule has 0 spiro atoms. The Balaban J connectivity index is 2.21. The van der Waals surface area contributed by atoms with Crippen molar-refractivity contribution in [3.05, 3.63) is 52.1 Å². The van der Waals surface area contributed by atoms with Crippen LogP contribution in [-0.4, -0.2) is 10.9 Å². The maximum Gasteiger partial charge on any atom is 0.235 e. The molecule has 2 rings (SSSR count). The number of carbonyl (C=O) groups excluding carboxylic acids is 1. The molecule has 0 aliphatic carbocycles. The number of nitrogens with two attached hydrogens (primary N) is 1. The lowest BCUT2D eigenvalue weighted by Gasteiger charge is -2.24. The Bertz CT molecular complexity index is 666. The monoisotopic (exact) mass is 347 g/mol. The summed E-state index contributed by atoms with van der Waals surface area (Å²) in [5.74, 6) is 0.436. The molecule has 0 aliphatic heterocycles. The molecule has 1 amide bonds. The summed E-state index contributed by atoms with van der Waals surface area (Å²) in [4.78, 5) is 16.9. The number of nitrogens with zero attached hydrogens (tertiary/aromatic N) is 1. The molecule has 2 aromatic rings. The predicted molar refractivity (Wildman–Crippen MR) is 89.2 cm³/mol. The highest BCUT2D eigenvalue weighted by molar-refractivity contribution is 9.10. The van der Waals surface area contributed by atoms with E-state index in [4.69, 9.17) is 5.73 Å². The van der Waals surface area contributed by atoms with E-state index >= 15 is 0 Å². The minimum absolute atomic E-state index is 0.110. The van der Waals surface area contributed by atoms with Gasteiger partial charge < -0.3 is 11.1 Å². The first-order valence-corrected chi connectivity index (χ1v) is 7.40. The second-order valence-electron chi connectivity index (χ2n) is 5.46. The van der Waals surface area contributed by atoms with Gasteiger partial charge in [-0.2, -0.15) is 0 Å². The number of aryl methyl sites for hydroxylation is 1. The summed E-state index contributed by atoms with van der Waals surface area (Å²) in [6.45, 7) is 5.63. The van der Waals surface area contributed by atoms with Gasteiger partial charge in [0.2, 0.25) is 5.91 Å². The Morgan fingerprint density at radius 2 is 1.81 bits per heavy atom. The van der Waals surface area contributed by atoms with Crippen molar-refractivity contribution in [2.24, 2.45) is 0 Å². The van der Waals surface area contributed by atoms with E-state index in [1.807, 2.05) is 39.0 Å². The summed E-state index contributed by atoms with van der Waals surface area (Å²) in [5.41, 5.74) is 7.43. The number of rotatable bonds is 3. The van der Waals surface area contributed by atoms with E-state index in [0.717, 1.165) is 15.7 Å². The van der Waals surface area contributed by atoms with Crippen molar-refractivity contribution in [1.82, 2.24) is 4.98 Å². The molecule has 0 saturated heterocycles. The van der Waals surface area contributed by atoms with Gasteiger partial charge in [-0.1, -0.05) is 12.1 Å². The van der Waals surface area contributed by atoms with E-state index in [1.165, 1.54) is 0 Å². The van der Waals surface area contributed by atoms with Crippen LogP contribution in [0.1, 0.15) is 25.1 Å². The van der Waals surface area contributed by atoms with Gasteiger partial charge >= 0.3 is 0 Å². The van der Waals surface area contributed by atoms with E-state index in [9.17, 15) is 4.79 Å². The van der Waals surface area contributed by atoms with Crippen LogP contribution in [0.25, 0.3) is 0 Å². The number of hydrogen-bond acceptors (Lipinski definition) is 3. The molecule has 21 heavy (non-hydrogen) atoms. The van der Waals surface area contributed by atoms with Crippen LogP contribution in [0.15, 0.2) is 40.9 Å². The number of aromatic nitrogens is 1. The molecule has 1 aromatic heterocycles. The zero-order valence-electron chi connectivity index (χ0n) is 12.3. The van der Waals surface area contributed by atoms with Crippen LogP contribution in [0.2, 0.25) is 0 Å². The summed E-state index contributed by atoms with van der Waals surface area (Å²) in [7, 11) is 0. The van der Waals surface area contributed by atoms with Gasteiger partial charge in [-0.15, -0.1) is 0 Å². The van der Waals surface area contributed by atoms with Crippen LogP contribution in [0.4, 0.5) is 11.5 Å². The van der Waals surface area contributed by atoms with Crippen molar-refractivity contribution in [1.29, 1.82) is 0 Å². The highest BCUT2D eigenvalue weighted by Gasteiger charge is 2.30. The molecule has 5 heteroatoms.